The van der Waals surface area contributed by atoms with Gasteiger partial charge < -0.3 is 25.4 Å². The summed E-state index contributed by atoms with van der Waals surface area (Å²) in [6, 6.07) is -0.406. The van der Waals surface area contributed by atoms with Crippen molar-refractivity contribution in [3.8, 4) is 0 Å². The first kappa shape index (κ1) is 15.3. The Hall–Kier alpha value is -0.600. The number of hydrogen-bond acceptors (Lipinski definition) is 6. The molecule has 0 amide bonds. The number of amidine groups is 1. The first-order chi connectivity index (χ1) is 9.97. The third-order valence-corrected chi connectivity index (χ3v) is 5.27. The van der Waals surface area contributed by atoms with Crippen molar-refractivity contribution in [3.63, 3.8) is 0 Å². The van der Waals surface area contributed by atoms with Crippen LogP contribution < -0.4 is 5.32 Å². The maximum absolute atomic E-state index is 10.3. The molecule has 0 aromatic carbocycles. The smallest absolute Gasteiger partial charge is 0.159 e. The highest BCUT2D eigenvalue weighted by Crippen LogP contribution is 2.36. The third kappa shape index (κ3) is 3.12. The lowest BCUT2D eigenvalue weighted by Crippen LogP contribution is -2.61. The third-order valence-electron chi connectivity index (χ3n) is 4.16. The Balaban J connectivity index is 1.68. The molecule has 118 valence electrons. The second-order valence-electron chi connectivity index (χ2n) is 6.12. The average molecular weight is 314 g/mol. The van der Waals surface area contributed by atoms with E-state index in [0.29, 0.717) is 11.5 Å². The molecule has 0 aromatic rings. The van der Waals surface area contributed by atoms with E-state index in [4.69, 9.17) is 4.74 Å². The monoisotopic (exact) mass is 314 g/mol. The summed E-state index contributed by atoms with van der Waals surface area (Å²) in [4.78, 5) is 4.49. The van der Waals surface area contributed by atoms with Gasteiger partial charge in [-0.25, -0.2) is 0 Å². The first-order valence-electron chi connectivity index (χ1n) is 7.30. The zero-order valence-electron chi connectivity index (χ0n) is 12.0. The zero-order chi connectivity index (χ0) is 15.1. The van der Waals surface area contributed by atoms with Crippen molar-refractivity contribution in [2.45, 2.75) is 55.7 Å². The van der Waals surface area contributed by atoms with Crippen LogP contribution in [0.4, 0.5) is 0 Å². The van der Waals surface area contributed by atoms with Gasteiger partial charge in [0.1, 0.15) is 29.9 Å². The van der Waals surface area contributed by atoms with Gasteiger partial charge in [0, 0.05) is 6.54 Å². The van der Waals surface area contributed by atoms with Crippen LogP contribution in [0.3, 0.4) is 0 Å². The van der Waals surface area contributed by atoms with Crippen LogP contribution in [-0.2, 0) is 4.74 Å². The summed E-state index contributed by atoms with van der Waals surface area (Å²) in [6.07, 6.45) is -1.56. The lowest BCUT2D eigenvalue weighted by Gasteiger charge is -2.40. The number of nitrogens with one attached hydrogen (secondary N) is 1. The summed E-state index contributed by atoms with van der Waals surface area (Å²) in [5, 5.41) is 34.3. The summed E-state index contributed by atoms with van der Waals surface area (Å²) in [6.45, 7) is 6.14. The van der Waals surface area contributed by atoms with E-state index in [0.717, 1.165) is 11.7 Å². The molecule has 7 heteroatoms. The molecule has 6 unspecified atom stereocenters. The van der Waals surface area contributed by atoms with Crippen LogP contribution in [0.15, 0.2) is 17.1 Å². The van der Waals surface area contributed by atoms with Crippen LogP contribution in [0, 0.1) is 5.92 Å². The molecule has 21 heavy (non-hydrogen) atoms. The predicted molar refractivity (Wildman–Crippen MR) is 81.0 cm³/mol. The summed E-state index contributed by atoms with van der Waals surface area (Å²) in [5.74, 6) is 0.692. The molecule has 0 bridgehead atoms. The van der Waals surface area contributed by atoms with Crippen LogP contribution in [0.1, 0.15) is 19.8 Å². The minimum atomic E-state index is -1.16. The van der Waals surface area contributed by atoms with Gasteiger partial charge in [0.15, 0.2) is 5.17 Å². The molecule has 3 rings (SSSR count). The van der Waals surface area contributed by atoms with Crippen molar-refractivity contribution in [1.82, 2.24) is 5.32 Å². The fraction of sp³-hybridized carbons (Fsp3) is 0.786. The van der Waals surface area contributed by atoms with Crippen LogP contribution in [0.25, 0.3) is 0 Å². The second-order valence-corrected chi connectivity index (χ2v) is 7.21. The molecule has 3 aliphatic rings. The predicted octanol–water partition coefficient (Wildman–Crippen LogP) is -0.159. The molecular formula is C14H22N2O4S. The minimum absolute atomic E-state index is 0.361. The Morgan fingerprint density at radius 1 is 1.48 bits per heavy atom. The molecule has 0 spiro atoms. The van der Waals surface area contributed by atoms with Crippen molar-refractivity contribution in [2.24, 2.45) is 10.9 Å². The van der Waals surface area contributed by atoms with E-state index in [1.165, 1.54) is 24.6 Å². The van der Waals surface area contributed by atoms with Gasteiger partial charge in [-0.05, 0) is 31.3 Å². The van der Waals surface area contributed by atoms with Gasteiger partial charge in [0.05, 0.1) is 6.04 Å². The molecule has 2 saturated heterocycles. The lowest BCUT2D eigenvalue weighted by molar-refractivity contribution is -0.181. The molecule has 1 saturated carbocycles. The van der Waals surface area contributed by atoms with Crippen LogP contribution in [0.5, 0.6) is 0 Å². The van der Waals surface area contributed by atoms with Crippen LogP contribution in [-0.4, -0.2) is 62.9 Å². The number of aliphatic hydroxyl groups is 3. The van der Waals surface area contributed by atoms with Crippen molar-refractivity contribution in [2.75, 3.05) is 6.54 Å². The van der Waals surface area contributed by atoms with Crippen molar-refractivity contribution in [1.29, 1.82) is 0 Å². The fourth-order valence-electron chi connectivity index (χ4n) is 2.57. The molecule has 6 nitrogen and oxygen atoms in total. The van der Waals surface area contributed by atoms with E-state index in [2.05, 4.69) is 16.9 Å². The largest absolute Gasteiger partial charge is 0.388 e. The van der Waals surface area contributed by atoms with Gasteiger partial charge in [0.2, 0.25) is 0 Å². The quantitative estimate of drug-likeness (QED) is 0.539. The Bertz CT molecular complexity index is 454. The Kier molecular flexibility index (Phi) is 4.29. The molecule has 0 aromatic heterocycles. The van der Waals surface area contributed by atoms with Gasteiger partial charge in [-0.15, -0.1) is 0 Å². The van der Waals surface area contributed by atoms with Gasteiger partial charge in [0.25, 0.3) is 0 Å². The summed E-state index contributed by atoms with van der Waals surface area (Å²) in [5.41, 5.74) is 0.142. The van der Waals surface area contributed by atoms with Crippen molar-refractivity contribution < 1.29 is 20.1 Å². The Morgan fingerprint density at radius 2 is 2.19 bits per heavy atom. The maximum atomic E-state index is 10.3. The van der Waals surface area contributed by atoms with Crippen molar-refractivity contribution >= 4 is 16.9 Å². The lowest BCUT2D eigenvalue weighted by atomic mass is 9.92. The number of hydrogen-bond donors (Lipinski definition) is 4. The highest BCUT2D eigenvalue weighted by molar-refractivity contribution is 8.14. The molecule has 4 N–H and O–H groups in total. The fourth-order valence-corrected chi connectivity index (χ4v) is 3.70. The number of aliphatic hydroxyl groups excluding tert-OH is 3. The van der Waals surface area contributed by atoms with E-state index in [-0.39, 0.29) is 5.44 Å². The van der Waals surface area contributed by atoms with E-state index in [1.54, 1.807) is 6.92 Å². The molecule has 6 atom stereocenters. The van der Waals surface area contributed by atoms with Gasteiger partial charge in [-0.2, -0.15) is 0 Å². The molecule has 1 aliphatic carbocycles. The van der Waals surface area contributed by atoms with Crippen LogP contribution >= 0.6 is 11.8 Å². The van der Waals surface area contributed by atoms with Gasteiger partial charge in [-0.3, -0.25) is 4.99 Å². The van der Waals surface area contributed by atoms with Gasteiger partial charge in [-0.1, -0.05) is 18.3 Å². The number of thioether (sulfide) groups is 1. The molecule has 3 fully saturated rings. The molecule has 2 aliphatic heterocycles. The van der Waals surface area contributed by atoms with E-state index < -0.39 is 30.5 Å². The van der Waals surface area contributed by atoms with E-state index in [1.807, 2.05) is 0 Å². The highest BCUT2D eigenvalue weighted by Gasteiger charge is 2.50. The second kappa shape index (κ2) is 5.89. The van der Waals surface area contributed by atoms with E-state index in [9.17, 15) is 15.3 Å². The summed E-state index contributed by atoms with van der Waals surface area (Å²) in [7, 11) is 0. The normalized spacial score (nSPS) is 42.5. The number of aliphatic imine (C=N–C) groups is 1. The number of rotatable bonds is 4. The van der Waals surface area contributed by atoms with Gasteiger partial charge >= 0.3 is 0 Å². The minimum Gasteiger partial charge on any atom is -0.388 e. The molecule has 0 radical (unpaired) electrons. The number of fused-ring (bicyclic) bond motifs is 1. The zero-order valence-corrected chi connectivity index (χ0v) is 12.8. The van der Waals surface area contributed by atoms with Crippen LogP contribution in [0.2, 0.25) is 0 Å². The summed E-state index contributed by atoms with van der Waals surface area (Å²) >= 11 is 1.41. The van der Waals surface area contributed by atoms with Crippen molar-refractivity contribution in [3.05, 3.63) is 12.2 Å². The van der Waals surface area contributed by atoms with E-state index >= 15 is 0 Å². The number of ether oxygens (including phenoxy) is 1. The first-order valence-corrected chi connectivity index (χ1v) is 8.18. The summed E-state index contributed by atoms with van der Waals surface area (Å²) < 4.78 is 5.77. The SMILES string of the molecule is C=C(C)C(O)C1OC2SC(=NCC3CC3)NC2C(O)C1O. The highest BCUT2D eigenvalue weighted by atomic mass is 32.2. The Labute approximate surface area is 128 Å². The maximum Gasteiger partial charge on any atom is 0.159 e. The Morgan fingerprint density at radius 3 is 2.81 bits per heavy atom. The molecule has 2 heterocycles. The molecular weight excluding hydrogens is 292 g/mol. The number of nitrogens with zero attached hydrogens (tertiary/aromatic N) is 1. The topological polar surface area (TPSA) is 94.3 Å². The average Bonchev–Trinajstić information content (AvgIpc) is 3.19. The standard InChI is InChI=1S/C14H22N2O4S/c1-6(2)9(17)12-11(19)10(18)8-13(20-12)21-14(16-8)15-5-7-3-4-7/h7-13,17-19H,1,3-5H2,2H3,(H,15,16).